The number of nitrogens with one attached hydrogen (secondary N) is 1. The van der Waals surface area contributed by atoms with E-state index in [0.29, 0.717) is 22.6 Å². The second-order valence-electron chi connectivity index (χ2n) is 6.17. The Labute approximate surface area is 165 Å². The fourth-order valence-electron chi connectivity index (χ4n) is 2.68. The van der Waals surface area contributed by atoms with E-state index in [-0.39, 0.29) is 17.1 Å². The molecule has 3 N–H and O–H groups in total. The van der Waals surface area contributed by atoms with Crippen LogP contribution in [0.5, 0.6) is 0 Å². The summed E-state index contributed by atoms with van der Waals surface area (Å²) in [6, 6.07) is 12.0. The van der Waals surface area contributed by atoms with Crippen molar-refractivity contribution in [1.29, 1.82) is 0 Å². The fraction of sp³-hybridized carbons (Fsp3) is 0.118. The highest BCUT2D eigenvalue weighted by Crippen LogP contribution is 2.19. The largest absolute Gasteiger partial charge is 0.321 e. The van der Waals surface area contributed by atoms with Crippen LogP contribution in [0.2, 0.25) is 0 Å². The van der Waals surface area contributed by atoms with E-state index in [1.165, 1.54) is 28.9 Å². The molecule has 1 aromatic heterocycles. The number of carbonyl (C=O) groups excluding carboxylic acids is 1. The fourth-order valence-corrected chi connectivity index (χ4v) is 3.33. The molecule has 0 atom stereocenters. The van der Waals surface area contributed by atoms with Gasteiger partial charge in [-0.3, -0.25) is 14.9 Å². The third-order valence-corrected chi connectivity index (χ3v) is 4.68. The number of amides is 1. The first-order valence-corrected chi connectivity index (χ1v) is 9.93. The molecule has 0 saturated heterocycles. The van der Waals surface area contributed by atoms with Crippen LogP contribution >= 0.6 is 0 Å². The van der Waals surface area contributed by atoms with E-state index in [2.05, 4.69) is 15.6 Å². The van der Waals surface area contributed by atoms with Gasteiger partial charge in [-0.25, -0.2) is 18.2 Å². The summed E-state index contributed by atoms with van der Waals surface area (Å²) in [6.45, 7) is 1.60. The Morgan fingerprint density at radius 3 is 2.66 bits per heavy atom. The molecule has 11 nitrogen and oxygen atoms in total. The highest BCUT2D eigenvalue weighted by Gasteiger charge is 2.19. The molecule has 0 spiro atoms. The number of nitrogens with two attached hydrogens (primary N) is 1. The third kappa shape index (κ3) is 4.80. The van der Waals surface area contributed by atoms with Crippen molar-refractivity contribution in [2.75, 3.05) is 5.32 Å². The van der Waals surface area contributed by atoms with Crippen LogP contribution in [0.3, 0.4) is 0 Å². The van der Waals surface area contributed by atoms with Crippen LogP contribution in [0.25, 0.3) is 5.69 Å². The number of non-ortho nitro benzene ring substituents is 1. The molecule has 0 unspecified atom stereocenters. The maximum Gasteiger partial charge on any atom is 0.278 e. The molecule has 0 aliphatic rings. The molecule has 0 saturated carbocycles. The summed E-state index contributed by atoms with van der Waals surface area (Å²) in [5.41, 5.74) is 1.45. The number of hydrogen-bond donors (Lipinski definition) is 2. The molecule has 1 amide bonds. The van der Waals surface area contributed by atoms with Crippen molar-refractivity contribution in [3.05, 3.63) is 75.6 Å². The van der Waals surface area contributed by atoms with Crippen molar-refractivity contribution in [3.63, 3.8) is 0 Å². The topological polar surface area (TPSA) is 163 Å². The molecule has 29 heavy (non-hydrogen) atoms. The normalized spacial score (nSPS) is 11.2. The summed E-state index contributed by atoms with van der Waals surface area (Å²) in [4.78, 5) is 23.0. The zero-order chi connectivity index (χ0) is 21.2. The van der Waals surface area contributed by atoms with E-state index >= 15 is 0 Å². The van der Waals surface area contributed by atoms with Gasteiger partial charge in [0.05, 0.1) is 22.1 Å². The number of rotatable bonds is 6. The molecule has 12 heteroatoms. The molecule has 150 valence electrons. The predicted octanol–water partition coefficient (Wildman–Crippen LogP) is 1.52. The minimum absolute atomic E-state index is 0.0216. The Kier molecular flexibility index (Phi) is 5.39. The Morgan fingerprint density at radius 1 is 1.24 bits per heavy atom. The molecule has 0 aliphatic heterocycles. The van der Waals surface area contributed by atoms with E-state index < -0.39 is 20.9 Å². The number of sulfonamides is 1. The van der Waals surface area contributed by atoms with E-state index in [1.54, 1.807) is 31.2 Å². The Morgan fingerprint density at radius 2 is 1.97 bits per heavy atom. The second kappa shape index (κ2) is 7.77. The van der Waals surface area contributed by atoms with Crippen molar-refractivity contribution in [1.82, 2.24) is 15.0 Å². The number of nitro groups is 1. The highest BCUT2D eigenvalue weighted by atomic mass is 32.2. The number of benzene rings is 2. The first kappa shape index (κ1) is 20.1. The van der Waals surface area contributed by atoms with Gasteiger partial charge >= 0.3 is 0 Å². The lowest BCUT2D eigenvalue weighted by Crippen LogP contribution is -2.16. The molecule has 2 aromatic carbocycles. The minimum atomic E-state index is -3.70. The number of anilines is 1. The van der Waals surface area contributed by atoms with Gasteiger partial charge in [-0.15, -0.1) is 5.10 Å². The molecular weight excluding hydrogens is 400 g/mol. The highest BCUT2D eigenvalue weighted by molar-refractivity contribution is 7.88. The van der Waals surface area contributed by atoms with Gasteiger partial charge in [0.2, 0.25) is 10.0 Å². The van der Waals surface area contributed by atoms with E-state index in [0.717, 1.165) is 0 Å². The lowest BCUT2D eigenvalue weighted by atomic mass is 10.2. The number of hydrogen-bond acceptors (Lipinski definition) is 7. The van der Waals surface area contributed by atoms with Crippen LogP contribution in [0.4, 0.5) is 11.4 Å². The standard InChI is InChI=1S/C17H16N6O5S/c1-11-16(20-21-22(11)14-6-3-7-15(9-14)23(25)26)17(24)19-13-5-2-4-12(8-13)10-29(18,27)28/h2-9H,10H2,1H3,(H,19,24)(H2,18,27,28). The lowest BCUT2D eigenvalue weighted by molar-refractivity contribution is -0.384. The van der Waals surface area contributed by atoms with Crippen molar-refractivity contribution in [2.45, 2.75) is 12.7 Å². The van der Waals surface area contributed by atoms with Crippen LogP contribution in [-0.2, 0) is 15.8 Å². The molecule has 3 rings (SSSR count). The van der Waals surface area contributed by atoms with Crippen LogP contribution in [0, 0.1) is 17.0 Å². The van der Waals surface area contributed by atoms with Crippen molar-refractivity contribution in [3.8, 4) is 5.69 Å². The van der Waals surface area contributed by atoms with Crippen molar-refractivity contribution in [2.24, 2.45) is 5.14 Å². The molecular formula is C17H16N6O5S. The van der Waals surface area contributed by atoms with Gasteiger partial charge in [0.15, 0.2) is 5.69 Å². The minimum Gasteiger partial charge on any atom is -0.321 e. The maximum absolute atomic E-state index is 12.6. The van der Waals surface area contributed by atoms with Gasteiger partial charge in [0.25, 0.3) is 11.6 Å². The van der Waals surface area contributed by atoms with Gasteiger partial charge in [0, 0.05) is 17.8 Å². The lowest BCUT2D eigenvalue weighted by Gasteiger charge is -2.07. The van der Waals surface area contributed by atoms with Gasteiger partial charge < -0.3 is 5.32 Å². The third-order valence-electron chi connectivity index (χ3n) is 3.95. The molecule has 0 bridgehead atoms. The number of nitrogens with zero attached hydrogens (tertiary/aromatic N) is 4. The van der Waals surface area contributed by atoms with Gasteiger partial charge in [-0.1, -0.05) is 23.4 Å². The van der Waals surface area contributed by atoms with Gasteiger partial charge in [-0.2, -0.15) is 0 Å². The zero-order valence-corrected chi connectivity index (χ0v) is 16.0. The molecule has 0 fully saturated rings. The molecule has 3 aromatic rings. The predicted molar refractivity (Wildman–Crippen MR) is 104 cm³/mol. The van der Waals surface area contributed by atoms with Crippen molar-refractivity contribution < 1.29 is 18.1 Å². The summed E-state index contributed by atoms with van der Waals surface area (Å²) in [6.07, 6.45) is 0. The summed E-state index contributed by atoms with van der Waals surface area (Å²) < 4.78 is 23.8. The number of primary sulfonamides is 1. The SMILES string of the molecule is Cc1c(C(=O)Nc2cccc(CS(N)(=O)=O)c2)nnn1-c1cccc([N+](=O)[O-])c1. The van der Waals surface area contributed by atoms with E-state index in [1.807, 2.05) is 0 Å². The summed E-state index contributed by atoms with van der Waals surface area (Å²) in [7, 11) is -3.70. The van der Waals surface area contributed by atoms with Crippen LogP contribution < -0.4 is 10.5 Å². The average Bonchev–Trinajstić information content (AvgIpc) is 3.02. The van der Waals surface area contributed by atoms with Crippen LogP contribution in [-0.4, -0.2) is 34.2 Å². The summed E-state index contributed by atoms with van der Waals surface area (Å²) in [5.74, 6) is -0.925. The van der Waals surface area contributed by atoms with Crippen molar-refractivity contribution >= 4 is 27.3 Å². The maximum atomic E-state index is 12.6. The van der Waals surface area contributed by atoms with Gasteiger partial charge in [-0.05, 0) is 30.7 Å². The molecule has 0 radical (unpaired) electrons. The first-order chi connectivity index (χ1) is 13.6. The number of carbonyl (C=O) groups is 1. The monoisotopic (exact) mass is 416 g/mol. The quantitative estimate of drug-likeness (QED) is 0.454. The second-order valence-corrected chi connectivity index (χ2v) is 7.79. The summed E-state index contributed by atoms with van der Waals surface area (Å²) in [5, 5.41) is 26.4. The number of aromatic nitrogens is 3. The van der Waals surface area contributed by atoms with Gasteiger partial charge in [0.1, 0.15) is 0 Å². The Bertz CT molecular complexity index is 1200. The Balaban J connectivity index is 1.84. The Hall–Kier alpha value is -3.64. The average molecular weight is 416 g/mol. The zero-order valence-electron chi connectivity index (χ0n) is 15.1. The van der Waals surface area contributed by atoms with E-state index in [4.69, 9.17) is 5.14 Å². The van der Waals surface area contributed by atoms with E-state index in [9.17, 15) is 23.3 Å². The first-order valence-electron chi connectivity index (χ1n) is 8.22. The summed E-state index contributed by atoms with van der Waals surface area (Å²) >= 11 is 0. The van der Waals surface area contributed by atoms with Crippen LogP contribution in [0.15, 0.2) is 48.5 Å². The smallest absolute Gasteiger partial charge is 0.278 e. The molecule has 0 aliphatic carbocycles. The number of nitro benzene ring substituents is 1. The molecule has 1 heterocycles. The van der Waals surface area contributed by atoms with Crippen LogP contribution in [0.1, 0.15) is 21.7 Å².